The molecule has 0 aromatic rings. The van der Waals surface area contributed by atoms with Crippen molar-refractivity contribution in [3.8, 4) is 0 Å². The van der Waals surface area contributed by atoms with Crippen LogP contribution in [0.1, 0.15) is 12.8 Å². The number of allylic oxidation sites excluding steroid dienone is 2. The Morgan fingerprint density at radius 3 is 3.09 bits per heavy atom. The molecule has 0 bridgehead atoms. The fraction of sp³-hybridized carbons (Fsp3) is 0.556. The molecule has 1 fully saturated rings. The number of hydrogen-bond donors (Lipinski definition) is 0. The Morgan fingerprint density at radius 2 is 2.36 bits per heavy atom. The maximum atomic E-state index is 5.59. The number of rotatable bonds is 3. The van der Waals surface area contributed by atoms with Crippen LogP contribution in [0, 0.1) is 0 Å². The smallest absolute Gasteiger partial charge is 0.117 e. The van der Waals surface area contributed by atoms with Gasteiger partial charge in [0.1, 0.15) is 11.7 Å². The third-order valence-electron chi connectivity index (χ3n) is 2.25. The van der Waals surface area contributed by atoms with Gasteiger partial charge in [-0.25, -0.2) is 0 Å². The van der Waals surface area contributed by atoms with Gasteiger partial charge in [-0.2, -0.15) is 0 Å². The summed E-state index contributed by atoms with van der Waals surface area (Å²) < 4.78 is 6.82. The molecule has 1 aliphatic heterocycles. The zero-order valence-electron chi connectivity index (χ0n) is 6.29. The zero-order chi connectivity index (χ0) is 7.73. The van der Waals surface area contributed by atoms with E-state index in [1.807, 2.05) is 0 Å². The predicted octanol–water partition coefficient (Wildman–Crippen LogP) is 2.47. The second kappa shape index (κ2) is 2.90. The van der Waals surface area contributed by atoms with Gasteiger partial charge in [-0.05, 0) is 23.3 Å². The standard InChI is InChI=1S/C9H11IO/c10-7-3-6-9-5-2-1-4-8(9)11-9/h1-2,4-5,8H,3,6-7H2. The van der Waals surface area contributed by atoms with Crippen molar-refractivity contribution >= 4 is 22.6 Å². The normalized spacial score (nSPS) is 38.8. The summed E-state index contributed by atoms with van der Waals surface area (Å²) >= 11 is 2.41. The van der Waals surface area contributed by atoms with Gasteiger partial charge in [-0.3, -0.25) is 0 Å². The SMILES string of the molecule is ICCCC12C=CC=CC1O2. The first-order chi connectivity index (χ1) is 5.37. The van der Waals surface area contributed by atoms with Gasteiger partial charge in [0.25, 0.3) is 0 Å². The number of fused-ring (bicyclic) bond motifs is 1. The number of hydrogen-bond acceptors (Lipinski definition) is 1. The van der Waals surface area contributed by atoms with Crippen molar-refractivity contribution in [1.82, 2.24) is 0 Å². The average molecular weight is 262 g/mol. The van der Waals surface area contributed by atoms with E-state index in [1.165, 1.54) is 17.3 Å². The van der Waals surface area contributed by atoms with E-state index in [-0.39, 0.29) is 5.60 Å². The van der Waals surface area contributed by atoms with Crippen molar-refractivity contribution in [3.63, 3.8) is 0 Å². The van der Waals surface area contributed by atoms with Crippen LogP contribution in [0.25, 0.3) is 0 Å². The first-order valence-electron chi connectivity index (χ1n) is 3.97. The topological polar surface area (TPSA) is 12.5 Å². The van der Waals surface area contributed by atoms with Crippen LogP contribution in [-0.4, -0.2) is 16.1 Å². The van der Waals surface area contributed by atoms with Crippen LogP contribution in [0.3, 0.4) is 0 Å². The lowest BCUT2D eigenvalue weighted by Crippen LogP contribution is -2.12. The lowest BCUT2D eigenvalue weighted by molar-refractivity contribution is 0.327. The van der Waals surface area contributed by atoms with Gasteiger partial charge in [-0.15, -0.1) is 0 Å². The van der Waals surface area contributed by atoms with Crippen LogP contribution < -0.4 is 0 Å². The molecular weight excluding hydrogens is 251 g/mol. The molecule has 1 aliphatic carbocycles. The summed E-state index contributed by atoms with van der Waals surface area (Å²) in [6, 6.07) is 0. The predicted molar refractivity (Wildman–Crippen MR) is 54.0 cm³/mol. The van der Waals surface area contributed by atoms with Gasteiger partial charge in [-0.1, -0.05) is 40.8 Å². The minimum absolute atomic E-state index is 0.125. The van der Waals surface area contributed by atoms with E-state index in [0.29, 0.717) is 6.10 Å². The Balaban J connectivity index is 1.94. The maximum absolute atomic E-state index is 5.59. The van der Waals surface area contributed by atoms with E-state index < -0.39 is 0 Å². The summed E-state index contributed by atoms with van der Waals surface area (Å²) in [5, 5.41) is 0. The monoisotopic (exact) mass is 262 g/mol. The Kier molecular flexibility index (Phi) is 2.06. The molecule has 0 aromatic heterocycles. The second-order valence-electron chi connectivity index (χ2n) is 3.03. The van der Waals surface area contributed by atoms with E-state index in [9.17, 15) is 0 Å². The van der Waals surface area contributed by atoms with Crippen LogP contribution in [0.5, 0.6) is 0 Å². The third-order valence-corrected chi connectivity index (χ3v) is 3.01. The lowest BCUT2D eigenvalue weighted by Gasteiger charge is -2.06. The van der Waals surface area contributed by atoms with E-state index in [0.717, 1.165) is 0 Å². The maximum Gasteiger partial charge on any atom is 0.117 e. The van der Waals surface area contributed by atoms with Crippen LogP contribution in [0.15, 0.2) is 24.3 Å². The van der Waals surface area contributed by atoms with Crippen LogP contribution in [0.4, 0.5) is 0 Å². The molecule has 2 unspecified atom stereocenters. The molecule has 2 aliphatic rings. The van der Waals surface area contributed by atoms with Gasteiger partial charge in [0.2, 0.25) is 0 Å². The molecule has 2 rings (SSSR count). The molecule has 0 amide bonds. The van der Waals surface area contributed by atoms with Crippen molar-refractivity contribution in [3.05, 3.63) is 24.3 Å². The molecule has 1 saturated heterocycles. The fourth-order valence-electron chi connectivity index (χ4n) is 1.55. The molecule has 11 heavy (non-hydrogen) atoms. The lowest BCUT2D eigenvalue weighted by atomic mass is 9.96. The molecular formula is C9H11IO. The Hall–Kier alpha value is 0.170. The molecule has 0 N–H and O–H groups in total. The highest BCUT2D eigenvalue weighted by Crippen LogP contribution is 2.44. The summed E-state index contributed by atoms with van der Waals surface area (Å²) in [5.41, 5.74) is 0.125. The van der Waals surface area contributed by atoms with E-state index >= 15 is 0 Å². The van der Waals surface area contributed by atoms with Crippen molar-refractivity contribution in [1.29, 1.82) is 0 Å². The van der Waals surface area contributed by atoms with Gasteiger partial charge in [0.15, 0.2) is 0 Å². The summed E-state index contributed by atoms with van der Waals surface area (Å²) in [4.78, 5) is 0. The van der Waals surface area contributed by atoms with Crippen molar-refractivity contribution in [2.24, 2.45) is 0 Å². The summed E-state index contributed by atoms with van der Waals surface area (Å²) in [5.74, 6) is 0. The molecule has 0 saturated carbocycles. The fourth-order valence-corrected chi connectivity index (χ4v) is 1.93. The van der Waals surface area contributed by atoms with E-state index in [2.05, 4.69) is 46.9 Å². The molecule has 2 heteroatoms. The molecule has 2 atom stereocenters. The van der Waals surface area contributed by atoms with Gasteiger partial charge in [0, 0.05) is 0 Å². The van der Waals surface area contributed by atoms with Gasteiger partial charge < -0.3 is 4.74 Å². The number of epoxide rings is 1. The molecule has 0 spiro atoms. The number of alkyl halides is 1. The van der Waals surface area contributed by atoms with Crippen molar-refractivity contribution < 1.29 is 4.74 Å². The van der Waals surface area contributed by atoms with E-state index in [4.69, 9.17) is 4.74 Å². The number of ether oxygens (including phenoxy) is 1. The van der Waals surface area contributed by atoms with Gasteiger partial charge >= 0.3 is 0 Å². The zero-order valence-corrected chi connectivity index (χ0v) is 8.45. The van der Waals surface area contributed by atoms with Gasteiger partial charge in [0.05, 0.1) is 0 Å². The van der Waals surface area contributed by atoms with Crippen molar-refractivity contribution in [2.45, 2.75) is 24.5 Å². The molecule has 1 nitrogen and oxygen atoms in total. The minimum Gasteiger partial charge on any atom is -0.357 e. The molecule has 0 radical (unpaired) electrons. The largest absolute Gasteiger partial charge is 0.357 e. The molecule has 0 aromatic carbocycles. The minimum atomic E-state index is 0.125. The first kappa shape index (κ1) is 7.80. The number of halogens is 1. The van der Waals surface area contributed by atoms with Crippen LogP contribution in [-0.2, 0) is 4.74 Å². The molecule has 60 valence electrons. The first-order valence-corrected chi connectivity index (χ1v) is 5.50. The summed E-state index contributed by atoms with van der Waals surface area (Å²) in [6.45, 7) is 0. The van der Waals surface area contributed by atoms with Crippen LogP contribution >= 0.6 is 22.6 Å². The summed E-state index contributed by atoms with van der Waals surface area (Å²) in [7, 11) is 0. The average Bonchev–Trinajstić information content (AvgIpc) is 2.75. The Morgan fingerprint density at radius 1 is 1.45 bits per heavy atom. The molecule has 1 heterocycles. The third kappa shape index (κ3) is 1.38. The highest BCUT2D eigenvalue weighted by Gasteiger charge is 2.52. The highest BCUT2D eigenvalue weighted by molar-refractivity contribution is 14.1. The second-order valence-corrected chi connectivity index (χ2v) is 4.11. The Labute approximate surface area is 80.6 Å². The summed E-state index contributed by atoms with van der Waals surface area (Å²) in [6.07, 6.45) is 11.3. The van der Waals surface area contributed by atoms with Crippen molar-refractivity contribution in [2.75, 3.05) is 4.43 Å². The van der Waals surface area contributed by atoms with Crippen LogP contribution in [0.2, 0.25) is 0 Å². The Bertz CT molecular complexity index is 210. The highest BCUT2D eigenvalue weighted by atomic mass is 127. The quantitative estimate of drug-likeness (QED) is 0.432. The van der Waals surface area contributed by atoms with E-state index in [1.54, 1.807) is 0 Å².